The summed E-state index contributed by atoms with van der Waals surface area (Å²) < 4.78 is 0. The lowest BCUT2D eigenvalue weighted by Gasteiger charge is -2.29. The Kier molecular flexibility index (Phi) is 2.49. The van der Waals surface area contributed by atoms with E-state index in [9.17, 15) is 0 Å². The van der Waals surface area contributed by atoms with Crippen LogP contribution >= 0.6 is 11.6 Å². The fourth-order valence-electron chi connectivity index (χ4n) is 3.42. The molecule has 1 aromatic rings. The van der Waals surface area contributed by atoms with E-state index in [0.29, 0.717) is 5.41 Å². The molecule has 16 heavy (non-hydrogen) atoms. The lowest BCUT2D eigenvalue weighted by Crippen LogP contribution is -2.31. The first-order valence-electron chi connectivity index (χ1n) is 6.15. The molecule has 2 N–H and O–H groups in total. The topological polar surface area (TPSA) is 26.0 Å². The smallest absolute Gasteiger partial charge is 0.0406 e. The van der Waals surface area contributed by atoms with Crippen molar-refractivity contribution in [2.45, 2.75) is 25.7 Å². The third-order valence-electron chi connectivity index (χ3n) is 4.38. The van der Waals surface area contributed by atoms with Crippen molar-refractivity contribution in [3.05, 3.63) is 34.9 Å². The second kappa shape index (κ2) is 3.75. The minimum absolute atomic E-state index is 0.390. The molecule has 0 spiro atoms. The number of halogens is 1. The van der Waals surface area contributed by atoms with Crippen molar-refractivity contribution in [2.75, 3.05) is 6.54 Å². The summed E-state index contributed by atoms with van der Waals surface area (Å²) in [4.78, 5) is 0. The van der Waals surface area contributed by atoms with Gasteiger partial charge in [-0.1, -0.05) is 23.7 Å². The van der Waals surface area contributed by atoms with Crippen molar-refractivity contribution in [3.63, 3.8) is 0 Å². The van der Waals surface area contributed by atoms with Gasteiger partial charge < -0.3 is 5.73 Å². The largest absolute Gasteiger partial charge is 0.330 e. The predicted molar refractivity (Wildman–Crippen MR) is 67.5 cm³/mol. The van der Waals surface area contributed by atoms with Crippen molar-refractivity contribution in [1.29, 1.82) is 0 Å². The third-order valence-corrected chi connectivity index (χ3v) is 4.64. The summed E-state index contributed by atoms with van der Waals surface area (Å²) >= 11 is 5.90. The fraction of sp³-hybridized carbons (Fsp3) is 0.571. The van der Waals surface area contributed by atoms with E-state index in [1.54, 1.807) is 0 Å². The van der Waals surface area contributed by atoms with Crippen LogP contribution < -0.4 is 5.73 Å². The van der Waals surface area contributed by atoms with E-state index < -0.39 is 0 Å². The van der Waals surface area contributed by atoms with E-state index in [1.807, 2.05) is 12.1 Å². The van der Waals surface area contributed by atoms with Crippen molar-refractivity contribution in [2.24, 2.45) is 23.0 Å². The van der Waals surface area contributed by atoms with Gasteiger partial charge in [-0.05, 0) is 67.2 Å². The summed E-state index contributed by atoms with van der Waals surface area (Å²) in [7, 11) is 0. The van der Waals surface area contributed by atoms with Crippen LogP contribution in [0.3, 0.4) is 0 Å². The van der Waals surface area contributed by atoms with Crippen LogP contribution in [0.5, 0.6) is 0 Å². The van der Waals surface area contributed by atoms with Crippen LogP contribution in [0.15, 0.2) is 24.3 Å². The zero-order chi connectivity index (χ0) is 11.2. The molecule has 0 radical (unpaired) electrons. The first-order chi connectivity index (χ1) is 7.71. The lowest BCUT2D eigenvalue weighted by atomic mass is 9.77. The Morgan fingerprint density at radius 1 is 1.19 bits per heavy atom. The van der Waals surface area contributed by atoms with Crippen LogP contribution in [0.4, 0.5) is 0 Å². The quantitative estimate of drug-likeness (QED) is 0.855. The van der Waals surface area contributed by atoms with Gasteiger partial charge in [0.05, 0.1) is 0 Å². The average Bonchev–Trinajstić information content (AvgIpc) is 2.91. The fourth-order valence-corrected chi connectivity index (χ4v) is 3.55. The molecule has 0 saturated heterocycles. The van der Waals surface area contributed by atoms with Crippen LogP contribution in [0.1, 0.15) is 24.8 Å². The van der Waals surface area contributed by atoms with Gasteiger partial charge in [-0.15, -0.1) is 0 Å². The van der Waals surface area contributed by atoms with E-state index in [-0.39, 0.29) is 0 Å². The van der Waals surface area contributed by atoms with Crippen LogP contribution in [0, 0.1) is 17.3 Å². The number of hydrogen-bond donors (Lipinski definition) is 1. The van der Waals surface area contributed by atoms with Crippen molar-refractivity contribution in [3.8, 4) is 0 Å². The molecule has 2 heteroatoms. The predicted octanol–water partition coefficient (Wildman–Crippen LogP) is 3.26. The van der Waals surface area contributed by atoms with Crippen LogP contribution in [-0.2, 0) is 6.42 Å². The number of hydrogen-bond acceptors (Lipinski definition) is 1. The Bertz CT molecular complexity index is 374. The van der Waals surface area contributed by atoms with Crippen molar-refractivity contribution < 1.29 is 0 Å². The van der Waals surface area contributed by atoms with E-state index in [2.05, 4.69) is 12.1 Å². The molecule has 2 fully saturated rings. The number of fused-ring (bicyclic) bond motifs is 1. The van der Waals surface area contributed by atoms with Crippen LogP contribution in [0.25, 0.3) is 0 Å². The van der Waals surface area contributed by atoms with Gasteiger partial charge >= 0.3 is 0 Å². The minimum atomic E-state index is 0.390. The molecule has 0 amide bonds. The first-order valence-corrected chi connectivity index (χ1v) is 6.53. The number of benzene rings is 1. The van der Waals surface area contributed by atoms with Gasteiger partial charge in [-0.25, -0.2) is 0 Å². The van der Waals surface area contributed by atoms with Gasteiger partial charge in [0.2, 0.25) is 0 Å². The molecule has 1 nitrogen and oxygen atoms in total. The summed E-state index contributed by atoms with van der Waals surface area (Å²) in [5.74, 6) is 1.99. The maximum Gasteiger partial charge on any atom is 0.0406 e. The molecular weight excluding hydrogens is 218 g/mol. The molecule has 3 rings (SSSR count). The lowest BCUT2D eigenvalue weighted by molar-refractivity contribution is 0.273. The Labute approximate surface area is 102 Å². The number of rotatable bonds is 3. The second-order valence-corrected chi connectivity index (χ2v) is 6.11. The molecular formula is C14H18ClN. The zero-order valence-corrected chi connectivity index (χ0v) is 10.2. The van der Waals surface area contributed by atoms with Crippen LogP contribution in [0.2, 0.25) is 5.02 Å². The Morgan fingerprint density at radius 3 is 2.38 bits per heavy atom. The second-order valence-electron chi connectivity index (χ2n) is 5.67. The monoisotopic (exact) mass is 235 g/mol. The molecule has 2 aliphatic rings. The summed E-state index contributed by atoms with van der Waals surface area (Å²) in [5, 5.41) is 0.819. The van der Waals surface area contributed by atoms with Crippen molar-refractivity contribution in [1.82, 2.24) is 0 Å². The van der Waals surface area contributed by atoms with Gasteiger partial charge in [0, 0.05) is 5.02 Å². The van der Waals surface area contributed by atoms with Gasteiger partial charge in [0.25, 0.3) is 0 Å². The SMILES string of the molecule is NCC1(Cc2ccc(Cl)cc2)CC2CC2C1. The van der Waals surface area contributed by atoms with Gasteiger partial charge in [-0.2, -0.15) is 0 Å². The molecule has 86 valence electrons. The normalized spacial score (nSPS) is 36.1. The van der Waals surface area contributed by atoms with E-state index >= 15 is 0 Å². The van der Waals surface area contributed by atoms with Gasteiger partial charge in [0.1, 0.15) is 0 Å². The third kappa shape index (κ3) is 1.87. The highest BCUT2D eigenvalue weighted by molar-refractivity contribution is 6.30. The average molecular weight is 236 g/mol. The Hall–Kier alpha value is -0.530. The van der Waals surface area contributed by atoms with E-state index in [1.165, 1.54) is 24.8 Å². The van der Waals surface area contributed by atoms with Crippen molar-refractivity contribution >= 4 is 11.6 Å². The molecule has 1 aromatic carbocycles. The zero-order valence-electron chi connectivity index (χ0n) is 9.45. The summed E-state index contributed by atoms with van der Waals surface area (Å²) in [5.41, 5.74) is 7.78. The molecule has 0 bridgehead atoms. The molecule has 2 aliphatic carbocycles. The molecule has 0 aromatic heterocycles. The first kappa shape index (κ1) is 10.6. The maximum atomic E-state index is 6.00. The molecule has 0 heterocycles. The standard InChI is InChI=1S/C14H18ClN/c15-13-3-1-10(2-4-13)6-14(9-16)7-11-5-12(11)8-14/h1-4,11-12H,5-9,16H2. The highest BCUT2D eigenvalue weighted by Gasteiger charge is 2.52. The summed E-state index contributed by atoms with van der Waals surface area (Å²) in [6.07, 6.45) is 5.28. The molecule has 2 unspecified atom stereocenters. The molecule has 2 saturated carbocycles. The summed E-state index contributed by atoms with van der Waals surface area (Å²) in [6.45, 7) is 0.836. The highest BCUT2D eigenvalue weighted by Crippen LogP contribution is 2.60. The van der Waals surface area contributed by atoms with E-state index in [4.69, 9.17) is 17.3 Å². The summed E-state index contributed by atoms with van der Waals surface area (Å²) in [6, 6.07) is 8.25. The Morgan fingerprint density at radius 2 is 1.81 bits per heavy atom. The maximum absolute atomic E-state index is 6.00. The molecule has 2 atom stereocenters. The van der Waals surface area contributed by atoms with Crippen LogP contribution in [-0.4, -0.2) is 6.54 Å². The number of nitrogens with two attached hydrogens (primary N) is 1. The molecule has 0 aliphatic heterocycles. The Balaban J connectivity index is 1.75. The van der Waals surface area contributed by atoms with Gasteiger partial charge in [-0.3, -0.25) is 0 Å². The van der Waals surface area contributed by atoms with Gasteiger partial charge in [0.15, 0.2) is 0 Å². The van der Waals surface area contributed by atoms with E-state index in [0.717, 1.165) is 29.8 Å². The minimum Gasteiger partial charge on any atom is -0.330 e. The highest BCUT2D eigenvalue weighted by atomic mass is 35.5.